The number of carbonyl (C=O) groups excluding carboxylic acids is 1. The van der Waals surface area contributed by atoms with Crippen LogP contribution in [0.25, 0.3) is 10.8 Å². The Morgan fingerprint density at radius 2 is 1.93 bits per heavy atom. The molecule has 15 heavy (non-hydrogen) atoms. The molecule has 0 bridgehead atoms. The molecule has 0 aliphatic rings. The van der Waals surface area contributed by atoms with E-state index in [1.165, 1.54) is 0 Å². The van der Waals surface area contributed by atoms with E-state index in [1.54, 1.807) is 0 Å². The molecule has 0 spiro atoms. The Kier molecular flexibility index (Phi) is 2.52. The summed E-state index contributed by atoms with van der Waals surface area (Å²) in [7, 11) is 0. The van der Waals surface area contributed by atoms with Crippen LogP contribution in [0.5, 0.6) is 0 Å². The lowest BCUT2D eigenvalue weighted by atomic mass is 9.96. The normalized spacial score (nSPS) is 12.7. The summed E-state index contributed by atoms with van der Waals surface area (Å²) < 4.78 is 0. The van der Waals surface area contributed by atoms with Gasteiger partial charge in [0.15, 0.2) is 6.29 Å². The predicted octanol–water partition coefficient (Wildman–Crippen LogP) is 2.38. The van der Waals surface area contributed by atoms with Crippen molar-refractivity contribution < 1.29 is 9.90 Å². The lowest BCUT2D eigenvalue weighted by Crippen LogP contribution is -2.01. The van der Waals surface area contributed by atoms with E-state index in [2.05, 4.69) is 0 Å². The van der Waals surface area contributed by atoms with E-state index in [0.29, 0.717) is 11.8 Å². The Balaban J connectivity index is 2.79. The maximum Gasteiger partial charge on any atom is 0.153 e. The standard InChI is InChI=1S/C13H12O2/c1-9-6-7-10-4-2-3-5-11(10)13(9)12(15)8-14/h2-8,12,15H,1H3. The van der Waals surface area contributed by atoms with Gasteiger partial charge in [-0.3, -0.25) is 0 Å². The molecule has 1 unspecified atom stereocenters. The van der Waals surface area contributed by atoms with Crippen molar-refractivity contribution in [1.29, 1.82) is 0 Å². The average Bonchev–Trinajstić information content (AvgIpc) is 2.28. The Hall–Kier alpha value is -1.67. The molecule has 2 nitrogen and oxygen atoms in total. The van der Waals surface area contributed by atoms with Crippen LogP contribution in [0, 0.1) is 6.92 Å². The summed E-state index contributed by atoms with van der Waals surface area (Å²) in [5.41, 5.74) is 1.65. The van der Waals surface area contributed by atoms with Gasteiger partial charge in [0.1, 0.15) is 6.10 Å². The number of carbonyl (C=O) groups is 1. The van der Waals surface area contributed by atoms with Crippen LogP contribution in [0.1, 0.15) is 17.2 Å². The highest BCUT2D eigenvalue weighted by molar-refractivity contribution is 5.89. The van der Waals surface area contributed by atoms with Gasteiger partial charge in [-0.1, -0.05) is 36.4 Å². The highest BCUT2D eigenvalue weighted by Crippen LogP contribution is 2.26. The van der Waals surface area contributed by atoms with Gasteiger partial charge in [0.05, 0.1) is 0 Å². The summed E-state index contributed by atoms with van der Waals surface area (Å²) in [6, 6.07) is 11.6. The number of aryl methyl sites for hydroxylation is 1. The summed E-state index contributed by atoms with van der Waals surface area (Å²) in [5.74, 6) is 0. The van der Waals surface area contributed by atoms with Gasteiger partial charge >= 0.3 is 0 Å². The van der Waals surface area contributed by atoms with Crippen LogP contribution >= 0.6 is 0 Å². The number of fused-ring (bicyclic) bond motifs is 1. The van der Waals surface area contributed by atoms with E-state index >= 15 is 0 Å². The van der Waals surface area contributed by atoms with Crippen LogP contribution in [0.2, 0.25) is 0 Å². The Labute approximate surface area is 88.2 Å². The minimum atomic E-state index is -1.03. The highest BCUT2D eigenvalue weighted by Gasteiger charge is 2.12. The third-order valence-electron chi connectivity index (χ3n) is 2.61. The molecule has 0 fully saturated rings. The van der Waals surface area contributed by atoms with Crippen molar-refractivity contribution in [3.05, 3.63) is 47.5 Å². The summed E-state index contributed by atoms with van der Waals surface area (Å²) in [5, 5.41) is 11.6. The number of aliphatic hydroxyl groups is 1. The second kappa shape index (κ2) is 3.83. The van der Waals surface area contributed by atoms with Gasteiger partial charge in [-0.15, -0.1) is 0 Å². The second-order valence-electron chi connectivity index (χ2n) is 3.60. The maximum atomic E-state index is 10.7. The first-order valence-corrected chi connectivity index (χ1v) is 4.85. The topological polar surface area (TPSA) is 37.3 Å². The lowest BCUT2D eigenvalue weighted by molar-refractivity contribution is -0.115. The fraction of sp³-hybridized carbons (Fsp3) is 0.154. The van der Waals surface area contributed by atoms with E-state index < -0.39 is 6.10 Å². The molecule has 0 heterocycles. The average molecular weight is 200 g/mol. The molecule has 2 aromatic rings. The zero-order valence-electron chi connectivity index (χ0n) is 8.47. The highest BCUT2D eigenvalue weighted by atomic mass is 16.3. The van der Waals surface area contributed by atoms with Crippen molar-refractivity contribution in [2.75, 3.05) is 0 Å². The van der Waals surface area contributed by atoms with Crippen molar-refractivity contribution in [1.82, 2.24) is 0 Å². The fourth-order valence-corrected chi connectivity index (χ4v) is 1.87. The van der Waals surface area contributed by atoms with Crippen LogP contribution in [0.3, 0.4) is 0 Å². The van der Waals surface area contributed by atoms with Gasteiger partial charge in [-0.2, -0.15) is 0 Å². The molecule has 76 valence electrons. The van der Waals surface area contributed by atoms with Gasteiger partial charge in [-0.05, 0) is 28.8 Å². The fourth-order valence-electron chi connectivity index (χ4n) is 1.87. The van der Waals surface area contributed by atoms with E-state index in [9.17, 15) is 9.90 Å². The minimum Gasteiger partial charge on any atom is -0.381 e. The Morgan fingerprint density at radius 3 is 2.67 bits per heavy atom. The first-order valence-electron chi connectivity index (χ1n) is 4.85. The maximum absolute atomic E-state index is 10.7. The second-order valence-corrected chi connectivity index (χ2v) is 3.60. The Bertz CT molecular complexity index is 503. The molecule has 0 saturated carbocycles. The van der Waals surface area contributed by atoms with Crippen LogP contribution < -0.4 is 0 Å². The SMILES string of the molecule is Cc1ccc2ccccc2c1C(O)C=O. The van der Waals surface area contributed by atoms with Crippen LogP contribution in [0.4, 0.5) is 0 Å². The van der Waals surface area contributed by atoms with E-state index in [0.717, 1.165) is 16.3 Å². The van der Waals surface area contributed by atoms with Crippen molar-refractivity contribution in [3.8, 4) is 0 Å². The van der Waals surface area contributed by atoms with Crippen molar-refractivity contribution >= 4 is 17.1 Å². The monoisotopic (exact) mass is 200 g/mol. The first-order chi connectivity index (χ1) is 7.24. The number of aldehydes is 1. The third-order valence-corrected chi connectivity index (χ3v) is 2.61. The lowest BCUT2D eigenvalue weighted by Gasteiger charge is -2.11. The molecule has 0 amide bonds. The van der Waals surface area contributed by atoms with Gasteiger partial charge < -0.3 is 9.90 Å². The van der Waals surface area contributed by atoms with Gasteiger partial charge in [0.2, 0.25) is 0 Å². The number of hydrogen-bond donors (Lipinski definition) is 1. The molecule has 0 aliphatic carbocycles. The molecule has 0 aliphatic heterocycles. The number of rotatable bonds is 2. The van der Waals surface area contributed by atoms with E-state index in [4.69, 9.17) is 0 Å². The molecule has 2 rings (SSSR count). The van der Waals surface area contributed by atoms with Crippen molar-refractivity contribution in [2.24, 2.45) is 0 Å². The molecule has 0 radical (unpaired) electrons. The van der Waals surface area contributed by atoms with Crippen LogP contribution in [-0.2, 0) is 4.79 Å². The third kappa shape index (κ3) is 1.64. The molecule has 0 saturated heterocycles. The number of hydrogen-bond acceptors (Lipinski definition) is 2. The van der Waals surface area contributed by atoms with Gasteiger partial charge in [0, 0.05) is 0 Å². The van der Waals surface area contributed by atoms with Crippen molar-refractivity contribution in [2.45, 2.75) is 13.0 Å². The van der Waals surface area contributed by atoms with Crippen LogP contribution in [0.15, 0.2) is 36.4 Å². The molecule has 0 aromatic heterocycles. The zero-order chi connectivity index (χ0) is 10.8. The largest absolute Gasteiger partial charge is 0.381 e. The molecular weight excluding hydrogens is 188 g/mol. The van der Waals surface area contributed by atoms with Gasteiger partial charge in [-0.25, -0.2) is 0 Å². The molecule has 2 heteroatoms. The molecule has 2 aromatic carbocycles. The summed E-state index contributed by atoms with van der Waals surface area (Å²) in [6.07, 6.45) is -0.467. The molecular formula is C13H12O2. The first kappa shape index (κ1) is 9.87. The smallest absolute Gasteiger partial charge is 0.153 e. The minimum absolute atomic E-state index is 0.564. The Morgan fingerprint density at radius 1 is 1.20 bits per heavy atom. The molecule has 1 N–H and O–H groups in total. The zero-order valence-corrected chi connectivity index (χ0v) is 8.47. The summed E-state index contributed by atoms with van der Waals surface area (Å²) in [6.45, 7) is 1.90. The number of aliphatic hydroxyl groups excluding tert-OH is 1. The quantitative estimate of drug-likeness (QED) is 0.756. The molecule has 1 atom stereocenters. The van der Waals surface area contributed by atoms with E-state index in [-0.39, 0.29) is 0 Å². The summed E-state index contributed by atoms with van der Waals surface area (Å²) >= 11 is 0. The summed E-state index contributed by atoms with van der Waals surface area (Å²) in [4.78, 5) is 10.7. The van der Waals surface area contributed by atoms with Crippen LogP contribution in [-0.4, -0.2) is 11.4 Å². The van der Waals surface area contributed by atoms with Gasteiger partial charge in [0.25, 0.3) is 0 Å². The van der Waals surface area contributed by atoms with Crippen molar-refractivity contribution in [3.63, 3.8) is 0 Å². The van der Waals surface area contributed by atoms with E-state index in [1.807, 2.05) is 43.3 Å². The predicted molar refractivity (Wildman–Crippen MR) is 59.7 cm³/mol. The number of benzene rings is 2.